The maximum Gasteiger partial charge on any atom is 0.253 e. The molecule has 0 heterocycles. The summed E-state index contributed by atoms with van der Waals surface area (Å²) in [5.74, 6) is 0.470. The van der Waals surface area contributed by atoms with Gasteiger partial charge in [-0.05, 0) is 62.2 Å². The van der Waals surface area contributed by atoms with Gasteiger partial charge in [0.2, 0.25) is 5.91 Å². The van der Waals surface area contributed by atoms with Crippen LogP contribution in [0.2, 0.25) is 0 Å². The highest BCUT2D eigenvalue weighted by atomic mass is 16.5. The fraction of sp³-hybridized carbons (Fsp3) is 0.444. The lowest BCUT2D eigenvalue weighted by Crippen LogP contribution is -2.32. The zero-order valence-electron chi connectivity index (χ0n) is 20.2. The Balaban J connectivity index is 1.74. The third-order valence-corrected chi connectivity index (χ3v) is 5.56. The van der Waals surface area contributed by atoms with Gasteiger partial charge in [0.25, 0.3) is 5.91 Å². The summed E-state index contributed by atoms with van der Waals surface area (Å²) in [5.41, 5.74) is 2.09. The second kappa shape index (κ2) is 13.4. The number of carbonyl (C=O) groups is 3. The quantitative estimate of drug-likeness (QED) is 0.342. The summed E-state index contributed by atoms with van der Waals surface area (Å²) in [4.78, 5) is 38.6. The molecule has 0 spiro atoms. The molecule has 33 heavy (non-hydrogen) atoms. The summed E-state index contributed by atoms with van der Waals surface area (Å²) in [5, 5.41) is 2.83. The highest BCUT2D eigenvalue weighted by Crippen LogP contribution is 2.15. The Morgan fingerprint density at radius 3 is 2.15 bits per heavy atom. The number of ether oxygens (including phenoxy) is 1. The third kappa shape index (κ3) is 8.72. The zero-order valence-corrected chi connectivity index (χ0v) is 20.2. The van der Waals surface area contributed by atoms with Crippen LogP contribution >= 0.6 is 0 Å². The SMILES string of the molecule is CCCCCOc1ccc(C(=O)CCC(=O)NCc2ccc(C(=O)N(C)C(C)C)cc2)cc1. The number of Topliss-reactive ketones (excluding diaryl/α,β-unsaturated/α-hetero) is 1. The average molecular weight is 453 g/mol. The highest BCUT2D eigenvalue weighted by Gasteiger charge is 2.14. The van der Waals surface area contributed by atoms with Gasteiger partial charge < -0.3 is 15.0 Å². The summed E-state index contributed by atoms with van der Waals surface area (Å²) in [7, 11) is 1.78. The predicted octanol–water partition coefficient (Wildman–Crippen LogP) is 5.02. The smallest absolute Gasteiger partial charge is 0.253 e. The molecule has 6 nitrogen and oxygen atoms in total. The van der Waals surface area contributed by atoms with E-state index in [-0.39, 0.29) is 36.5 Å². The van der Waals surface area contributed by atoms with E-state index in [1.165, 1.54) is 0 Å². The van der Waals surface area contributed by atoms with Crippen molar-refractivity contribution in [1.29, 1.82) is 0 Å². The van der Waals surface area contributed by atoms with Crippen LogP contribution in [0.25, 0.3) is 0 Å². The van der Waals surface area contributed by atoms with E-state index in [1.807, 2.05) is 26.0 Å². The Bertz CT molecular complexity index is 905. The molecule has 0 atom stereocenters. The van der Waals surface area contributed by atoms with Crippen LogP contribution in [-0.4, -0.2) is 42.2 Å². The second-order valence-corrected chi connectivity index (χ2v) is 8.49. The lowest BCUT2D eigenvalue weighted by Gasteiger charge is -2.21. The number of hydrogen-bond acceptors (Lipinski definition) is 4. The molecule has 0 aromatic heterocycles. The van der Waals surface area contributed by atoms with Crippen LogP contribution < -0.4 is 10.1 Å². The fourth-order valence-corrected chi connectivity index (χ4v) is 3.14. The van der Waals surface area contributed by atoms with E-state index >= 15 is 0 Å². The molecule has 6 heteroatoms. The van der Waals surface area contributed by atoms with Crippen molar-refractivity contribution in [2.75, 3.05) is 13.7 Å². The van der Waals surface area contributed by atoms with Gasteiger partial charge in [0.15, 0.2) is 5.78 Å². The van der Waals surface area contributed by atoms with Gasteiger partial charge in [0.1, 0.15) is 5.75 Å². The van der Waals surface area contributed by atoms with Gasteiger partial charge in [-0.1, -0.05) is 31.9 Å². The van der Waals surface area contributed by atoms with E-state index in [0.717, 1.165) is 30.6 Å². The molecule has 2 amide bonds. The highest BCUT2D eigenvalue weighted by molar-refractivity contribution is 5.98. The van der Waals surface area contributed by atoms with Crippen molar-refractivity contribution in [3.8, 4) is 5.75 Å². The molecule has 0 unspecified atom stereocenters. The molecular formula is C27H36N2O4. The van der Waals surface area contributed by atoms with E-state index in [4.69, 9.17) is 4.74 Å². The van der Waals surface area contributed by atoms with Gasteiger partial charge in [-0.3, -0.25) is 14.4 Å². The standard InChI is InChI=1S/C27H36N2O4/c1-5-6-7-18-33-24-14-12-22(13-15-24)25(30)16-17-26(31)28-19-21-8-10-23(11-9-21)27(32)29(4)20(2)3/h8-15,20H,5-7,16-19H2,1-4H3,(H,28,31). The number of nitrogens with zero attached hydrogens (tertiary/aromatic N) is 1. The monoisotopic (exact) mass is 452 g/mol. The Kier molecular flexibility index (Phi) is 10.6. The second-order valence-electron chi connectivity index (χ2n) is 8.49. The number of rotatable bonds is 13. The molecule has 0 aliphatic rings. The topological polar surface area (TPSA) is 75.7 Å². The summed E-state index contributed by atoms with van der Waals surface area (Å²) < 4.78 is 5.66. The number of unbranched alkanes of at least 4 members (excludes halogenated alkanes) is 2. The average Bonchev–Trinajstić information content (AvgIpc) is 2.83. The first kappa shape index (κ1) is 26.1. The van der Waals surface area contributed by atoms with Crippen molar-refractivity contribution in [3.63, 3.8) is 0 Å². The molecule has 2 aromatic carbocycles. The van der Waals surface area contributed by atoms with Crippen molar-refractivity contribution in [2.24, 2.45) is 0 Å². The first-order valence-corrected chi connectivity index (χ1v) is 11.7. The van der Waals surface area contributed by atoms with Gasteiger partial charge in [-0.25, -0.2) is 0 Å². The van der Waals surface area contributed by atoms with Crippen molar-refractivity contribution in [3.05, 3.63) is 65.2 Å². The molecule has 0 aliphatic carbocycles. The Hall–Kier alpha value is -3.15. The van der Waals surface area contributed by atoms with Crippen LogP contribution in [0.15, 0.2) is 48.5 Å². The first-order chi connectivity index (χ1) is 15.8. The molecule has 0 aliphatic heterocycles. The largest absolute Gasteiger partial charge is 0.494 e. The molecular weight excluding hydrogens is 416 g/mol. The molecule has 0 fully saturated rings. The van der Waals surface area contributed by atoms with Crippen molar-refractivity contribution < 1.29 is 19.1 Å². The lowest BCUT2D eigenvalue weighted by atomic mass is 10.1. The minimum Gasteiger partial charge on any atom is -0.494 e. The molecule has 0 saturated carbocycles. The maximum absolute atomic E-state index is 12.4. The summed E-state index contributed by atoms with van der Waals surface area (Å²) in [6.07, 6.45) is 3.58. The van der Waals surface area contributed by atoms with Crippen molar-refractivity contribution >= 4 is 17.6 Å². The number of benzene rings is 2. The summed E-state index contributed by atoms with van der Waals surface area (Å²) in [6.45, 7) is 7.10. The maximum atomic E-state index is 12.4. The van der Waals surface area contributed by atoms with Gasteiger partial charge in [0, 0.05) is 43.6 Å². The summed E-state index contributed by atoms with van der Waals surface area (Å²) in [6, 6.07) is 14.4. The molecule has 2 aromatic rings. The van der Waals surface area contributed by atoms with E-state index in [2.05, 4.69) is 12.2 Å². The Labute approximate surface area is 197 Å². The first-order valence-electron chi connectivity index (χ1n) is 11.7. The van der Waals surface area contributed by atoms with Crippen molar-refractivity contribution in [1.82, 2.24) is 10.2 Å². The molecule has 0 radical (unpaired) electrons. The fourth-order valence-electron chi connectivity index (χ4n) is 3.14. The molecule has 0 saturated heterocycles. The molecule has 178 valence electrons. The van der Waals surface area contributed by atoms with Crippen LogP contribution in [0.4, 0.5) is 0 Å². The van der Waals surface area contributed by atoms with Gasteiger partial charge >= 0.3 is 0 Å². The van der Waals surface area contributed by atoms with Crippen molar-refractivity contribution in [2.45, 2.75) is 65.5 Å². The predicted molar refractivity (Wildman–Crippen MR) is 131 cm³/mol. The lowest BCUT2D eigenvalue weighted by molar-refractivity contribution is -0.121. The minimum atomic E-state index is -0.182. The van der Waals surface area contributed by atoms with Crippen LogP contribution in [-0.2, 0) is 11.3 Å². The number of nitrogens with one attached hydrogen (secondary N) is 1. The van der Waals surface area contributed by atoms with E-state index in [0.29, 0.717) is 24.3 Å². The van der Waals surface area contributed by atoms with Gasteiger partial charge in [-0.15, -0.1) is 0 Å². The normalized spacial score (nSPS) is 10.7. The Morgan fingerprint density at radius 1 is 0.909 bits per heavy atom. The minimum absolute atomic E-state index is 0.0322. The van der Waals surface area contributed by atoms with Crippen LogP contribution in [0.3, 0.4) is 0 Å². The number of carbonyl (C=O) groups excluding carboxylic acids is 3. The Morgan fingerprint density at radius 2 is 1.55 bits per heavy atom. The van der Waals surface area contributed by atoms with Crippen LogP contribution in [0.1, 0.15) is 79.2 Å². The van der Waals surface area contributed by atoms with E-state index < -0.39 is 0 Å². The number of amides is 2. The van der Waals surface area contributed by atoms with Crippen LogP contribution in [0, 0.1) is 0 Å². The zero-order chi connectivity index (χ0) is 24.2. The van der Waals surface area contributed by atoms with Crippen LogP contribution in [0.5, 0.6) is 5.75 Å². The summed E-state index contributed by atoms with van der Waals surface area (Å²) >= 11 is 0. The third-order valence-electron chi connectivity index (χ3n) is 5.56. The molecule has 2 rings (SSSR count). The number of hydrogen-bond donors (Lipinski definition) is 1. The van der Waals surface area contributed by atoms with Gasteiger partial charge in [0.05, 0.1) is 6.61 Å². The van der Waals surface area contributed by atoms with Gasteiger partial charge in [-0.2, -0.15) is 0 Å². The van der Waals surface area contributed by atoms with E-state index in [9.17, 15) is 14.4 Å². The number of ketones is 1. The molecule has 1 N–H and O–H groups in total. The molecule has 0 bridgehead atoms. The van der Waals surface area contributed by atoms with E-state index in [1.54, 1.807) is 48.3 Å².